The van der Waals surface area contributed by atoms with E-state index >= 15 is 0 Å². The molecule has 0 aromatic heterocycles. The summed E-state index contributed by atoms with van der Waals surface area (Å²) >= 11 is 0. The largest absolute Gasteiger partial charge is 0.462 e. The van der Waals surface area contributed by atoms with Crippen LogP contribution in [0.5, 0.6) is 0 Å². The van der Waals surface area contributed by atoms with E-state index in [0.717, 1.165) is 6.42 Å². The van der Waals surface area contributed by atoms with Crippen molar-refractivity contribution in [3.63, 3.8) is 0 Å². The number of ether oxygens (including phenoxy) is 1. The second-order valence-electron chi connectivity index (χ2n) is 5.32. The van der Waals surface area contributed by atoms with Crippen LogP contribution in [0.25, 0.3) is 0 Å². The zero-order chi connectivity index (χ0) is 11.5. The Bertz CT molecular complexity index is 221. The average Bonchev–Trinajstić information content (AvgIpc) is 2.37. The van der Waals surface area contributed by atoms with Gasteiger partial charge in [-0.3, -0.25) is 4.79 Å². The Morgan fingerprint density at radius 2 is 1.93 bits per heavy atom. The molecule has 1 heterocycles. The molecular weight excluding hydrogens is 188 g/mol. The van der Waals surface area contributed by atoms with Crippen molar-refractivity contribution in [3.05, 3.63) is 0 Å². The zero-order valence-corrected chi connectivity index (χ0v) is 10.5. The summed E-state index contributed by atoms with van der Waals surface area (Å²) in [6, 6.07) is 0. The van der Waals surface area contributed by atoms with Crippen molar-refractivity contribution in [1.29, 1.82) is 0 Å². The Kier molecular flexibility index (Phi) is 4.18. The van der Waals surface area contributed by atoms with Gasteiger partial charge < -0.3 is 4.74 Å². The second-order valence-corrected chi connectivity index (χ2v) is 5.32. The van der Waals surface area contributed by atoms with Gasteiger partial charge in [-0.2, -0.15) is 0 Å². The van der Waals surface area contributed by atoms with E-state index in [1.54, 1.807) is 0 Å². The third kappa shape index (κ3) is 2.73. The van der Waals surface area contributed by atoms with Crippen LogP contribution in [-0.4, -0.2) is 12.1 Å². The van der Waals surface area contributed by atoms with Crippen LogP contribution in [0.3, 0.4) is 0 Å². The molecule has 0 aromatic carbocycles. The molecule has 1 saturated heterocycles. The fourth-order valence-electron chi connectivity index (χ4n) is 2.16. The van der Waals surface area contributed by atoms with Crippen LogP contribution in [0.15, 0.2) is 0 Å². The molecular formula is C13H24O2. The van der Waals surface area contributed by atoms with Crippen LogP contribution in [0.2, 0.25) is 0 Å². The van der Waals surface area contributed by atoms with Gasteiger partial charge in [0.1, 0.15) is 6.10 Å². The lowest BCUT2D eigenvalue weighted by Gasteiger charge is -2.26. The van der Waals surface area contributed by atoms with Crippen molar-refractivity contribution >= 4 is 5.97 Å². The number of rotatable bonds is 5. The van der Waals surface area contributed by atoms with E-state index in [1.807, 2.05) is 6.92 Å². The lowest BCUT2D eigenvalue weighted by Crippen LogP contribution is -2.29. The number of carbonyl (C=O) groups excluding carboxylic acids is 1. The molecule has 0 amide bonds. The molecule has 0 aliphatic carbocycles. The number of unbranched alkanes of at least 4 members (excludes halogenated alkanes) is 3. The summed E-state index contributed by atoms with van der Waals surface area (Å²) in [5.41, 5.74) is 0.0172. The molecule has 2 atom stereocenters. The van der Waals surface area contributed by atoms with E-state index in [4.69, 9.17) is 4.74 Å². The minimum atomic E-state index is -0.0134. The first-order chi connectivity index (χ1) is 7.00. The average molecular weight is 212 g/mol. The Labute approximate surface area is 93.4 Å². The molecule has 1 aliphatic rings. The summed E-state index contributed by atoms with van der Waals surface area (Å²) in [6.07, 6.45) is 6.15. The monoisotopic (exact) mass is 212 g/mol. The van der Waals surface area contributed by atoms with Crippen molar-refractivity contribution in [3.8, 4) is 0 Å². The smallest absolute Gasteiger partial charge is 0.309 e. The van der Waals surface area contributed by atoms with Gasteiger partial charge in [0.25, 0.3) is 0 Å². The topological polar surface area (TPSA) is 26.3 Å². The van der Waals surface area contributed by atoms with Gasteiger partial charge >= 0.3 is 5.97 Å². The SMILES string of the molecule is CCCCCCC1OC(=O)C(C)C1(C)C. The van der Waals surface area contributed by atoms with Gasteiger partial charge in [-0.05, 0) is 12.8 Å². The quantitative estimate of drug-likeness (QED) is 0.514. The maximum Gasteiger partial charge on any atom is 0.309 e. The van der Waals surface area contributed by atoms with E-state index in [-0.39, 0.29) is 23.4 Å². The fourth-order valence-corrected chi connectivity index (χ4v) is 2.16. The van der Waals surface area contributed by atoms with Gasteiger partial charge in [0.05, 0.1) is 5.92 Å². The molecule has 1 fully saturated rings. The molecule has 15 heavy (non-hydrogen) atoms. The predicted molar refractivity (Wildman–Crippen MR) is 61.6 cm³/mol. The van der Waals surface area contributed by atoms with E-state index in [2.05, 4.69) is 20.8 Å². The Morgan fingerprint density at radius 3 is 2.40 bits per heavy atom. The van der Waals surface area contributed by atoms with Crippen LogP contribution in [0, 0.1) is 11.3 Å². The summed E-state index contributed by atoms with van der Waals surface area (Å²) in [7, 11) is 0. The standard InChI is InChI=1S/C13H24O2/c1-5-6-7-8-9-11-13(3,4)10(2)12(14)15-11/h10-11H,5-9H2,1-4H3. The molecule has 0 N–H and O–H groups in total. The van der Waals surface area contributed by atoms with Gasteiger partial charge in [0.2, 0.25) is 0 Å². The molecule has 1 rings (SSSR count). The van der Waals surface area contributed by atoms with Gasteiger partial charge in [-0.15, -0.1) is 0 Å². The van der Waals surface area contributed by atoms with E-state index < -0.39 is 0 Å². The highest BCUT2D eigenvalue weighted by molar-refractivity contribution is 5.75. The van der Waals surface area contributed by atoms with Gasteiger partial charge in [-0.25, -0.2) is 0 Å². The third-order valence-electron chi connectivity index (χ3n) is 3.88. The minimum Gasteiger partial charge on any atom is -0.462 e. The first-order valence-electron chi connectivity index (χ1n) is 6.20. The second kappa shape index (κ2) is 5.00. The van der Waals surface area contributed by atoms with Crippen molar-refractivity contribution in [2.45, 2.75) is 65.9 Å². The molecule has 2 heteroatoms. The Morgan fingerprint density at radius 1 is 1.27 bits per heavy atom. The molecule has 0 saturated carbocycles. The molecule has 2 nitrogen and oxygen atoms in total. The Balaban J connectivity index is 2.39. The zero-order valence-electron chi connectivity index (χ0n) is 10.5. The van der Waals surface area contributed by atoms with Crippen LogP contribution < -0.4 is 0 Å². The highest BCUT2D eigenvalue weighted by Crippen LogP contribution is 2.41. The molecule has 88 valence electrons. The number of carbonyl (C=O) groups is 1. The summed E-state index contributed by atoms with van der Waals surface area (Å²) in [5.74, 6) is 0.0363. The molecule has 0 aromatic rings. The number of hydrogen-bond donors (Lipinski definition) is 0. The normalized spacial score (nSPS) is 29.2. The summed E-state index contributed by atoms with van der Waals surface area (Å²) in [6.45, 7) is 8.48. The lowest BCUT2D eigenvalue weighted by atomic mass is 9.76. The van der Waals surface area contributed by atoms with E-state index in [9.17, 15) is 4.79 Å². The van der Waals surface area contributed by atoms with Crippen LogP contribution in [0.4, 0.5) is 0 Å². The molecule has 0 spiro atoms. The number of esters is 1. The number of cyclic esters (lactones) is 1. The van der Waals surface area contributed by atoms with Crippen LogP contribution in [-0.2, 0) is 9.53 Å². The van der Waals surface area contributed by atoms with Crippen molar-refractivity contribution < 1.29 is 9.53 Å². The highest BCUT2D eigenvalue weighted by atomic mass is 16.6. The lowest BCUT2D eigenvalue weighted by molar-refractivity contribution is -0.144. The minimum absolute atomic E-state index is 0.0134. The van der Waals surface area contributed by atoms with Crippen molar-refractivity contribution in [2.24, 2.45) is 11.3 Å². The van der Waals surface area contributed by atoms with Crippen LogP contribution >= 0.6 is 0 Å². The highest BCUT2D eigenvalue weighted by Gasteiger charge is 2.47. The number of hydrogen-bond acceptors (Lipinski definition) is 2. The fraction of sp³-hybridized carbons (Fsp3) is 0.923. The summed E-state index contributed by atoms with van der Waals surface area (Å²) in [4.78, 5) is 11.5. The van der Waals surface area contributed by atoms with Gasteiger partial charge in [-0.1, -0.05) is 47.0 Å². The maximum absolute atomic E-state index is 11.5. The summed E-state index contributed by atoms with van der Waals surface area (Å²) in [5, 5.41) is 0. The van der Waals surface area contributed by atoms with Crippen molar-refractivity contribution in [1.82, 2.24) is 0 Å². The predicted octanol–water partition coefficient (Wildman–Crippen LogP) is 3.54. The van der Waals surface area contributed by atoms with E-state index in [0.29, 0.717) is 0 Å². The molecule has 0 bridgehead atoms. The summed E-state index contributed by atoms with van der Waals surface area (Å²) < 4.78 is 5.43. The van der Waals surface area contributed by atoms with Crippen LogP contribution in [0.1, 0.15) is 59.8 Å². The first-order valence-corrected chi connectivity index (χ1v) is 6.20. The molecule has 2 unspecified atom stereocenters. The third-order valence-corrected chi connectivity index (χ3v) is 3.88. The molecule has 1 aliphatic heterocycles. The van der Waals surface area contributed by atoms with Crippen molar-refractivity contribution in [2.75, 3.05) is 0 Å². The molecule has 0 radical (unpaired) electrons. The van der Waals surface area contributed by atoms with E-state index in [1.165, 1.54) is 25.7 Å². The first kappa shape index (κ1) is 12.5. The van der Waals surface area contributed by atoms with Gasteiger partial charge in [0, 0.05) is 5.41 Å². The maximum atomic E-state index is 11.5. The van der Waals surface area contributed by atoms with Gasteiger partial charge in [0.15, 0.2) is 0 Å². The Hall–Kier alpha value is -0.530.